The second-order valence-electron chi connectivity index (χ2n) is 5.06. The van der Waals surface area contributed by atoms with Gasteiger partial charge < -0.3 is 10.4 Å². The number of rotatable bonds is 5. The predicted molar refractivity (Wildman–Crippen MR) is 76.2 cm³/mol. The van der Waals surface area contributed by atoms with Crippen molar-refractivity contribution in [1.82, 2.24) is 0 Å². The van der Waals surface area contributed by atoms with Gasteiger partial charge in [-0.15, -0.1) is 0 Å². The largest absolute Gasteiger partial charge is 0.478 e. The lowest BCUT2D eigenvalue weighted by molar-refractivity contribution is 0.0697. The van der Waals surface area contributed by atoms with Crippen LogP contribution in [0, 0.1) is 5.41 Å². The average Bonchev–Trinajstić information content (AvgIpc) is 2.29. The van der Waals surface area contributed by atoms with Gasteiger partial charge in [-0.1, -0.05) is 13.3 Å². The number of halogens is 1. The molecule has 1 aliphatic rings. The summed E-state index contributed by atoms with van der Waals surface area (Å²) >= 11 is 3.42. The topological polar surface area (TPSA) is 49.3 Å². The van der Waals surface area contributed by atoms with Crippen molar-refractivity contribution in [3.8, 4) is 0 Å². The Bertz CT molecular complexity index is 450. The standard InChI is InChI=1S/C14H18BrNO2/c1-2-14(6-3-7-14)9-16-12-5-4-10(13(17)18)8-11(12)15/h4-5,8,16H,2-3,6-7,9H2,1H3,(H,17,18). The first-order valence-electron chi connectivity index (χ1n) is 6.33. The van der Waals surface area contributed by atoms with E-state index in [4.69, 9.17) is 5.11 Å². The summed E-state index contributed by atoms with van der Waals surface area (Å²) in [6.45, 7) is 3.21. The van der Waals surface area contributed by atoms with Crippen molar-refractivity contribution in [3.63, 3.8) is 0 Å². The second-order valence-corrected chi connectivity index (χ2v) is 5.91. The summed E-state index contributed by atoms with van der Waals surface area (Å²) in [5, 5.41) is 12.3. The summed E-state index contributed by atoms with van der Waals surface area (Å²) in [6.07, 6.45) is 5.11. The molecule has 2 N–H and O–H groups in total. The van der Waals surface area contributed by atoms with Crippen LogP contribution >= 0.6 is 15.9 Å². The third kappa shape index (κ3) is 2.69. The Kier molecular flexibility index (Phi) is 3.95. The first kappa shape index (κ1) is 13.4. The van der Waals surface area contributed by atoms with E-state index in [-0.39, 0.29) is 0 Å². The summed E-state index contributed by atoms with van der Waals surface area (Å²) < 4.78 is 0.813. The summed E-state index contributed by atoms with van der Waals surface area (Å²) in [7, 11) is 0. The number of carbonyl (C=O) groups is 1. The van der Waals surface area contributed by atoms with Crippen molar-refractivity contribution in [2.75, 3.05) is 11.9 Å². The molecule has 1 saturated carbocycles. The van der Waals surface area contributed by atoms with Crippen molar-refractivity contribution >= 4 is 27.6 Å². The van der Waals surface area contributed by atoms with Crippen LogP contribution < -0.4 is 5.32 Å². The van der Waals surface area contributed by atoms with E-state index in [0.29, 0.717) is 11.0 Å². The third-order valence-corrected chi connectivity index (χ3v) is 4.69. The molecule has 4 heteroatoms. The quantitative estimate of drug-likeness (QED) is 0.859. The van der Waals surface area contributed by atoms with E-state index in [2.05, 4.69) is 28.2 Å². The minimum absolute atomic E-state index is 0.307. The number of hydrogen-bond acceptors (Lipinski definition) is 2. The molecular formula is C14H18BrNO2. The monoisotopic (exact) mass is 311 g/mol. The number of anilines is 1. The van der Waals surface area contributed by atoms with Crippen LogP contribution in [-0.4, -0.2) is 17.6 Å². The van der Waals surface area contributed by atoms with Gasteiger partial charge in [-0.3, -0.25) is 0 Å². The van der Waals surface area contributed by atoms with Gasteiger partial charge in [0.15, 0.2) is 0 Å². The maximum atomic E-state index is 10.8. The highest BCUT2D eigenvalue weighted by molar-refractivity contribution is 9.10. The normalized spacial score (nSPS) is 17.0. The lowest BCUT2D eigenvalue weighted by Gasteiger charge is -2.41. The van der Waals surface area contributed by atoms with Crippen LogP contribution in [0.4, 0.5) is 5.69 Å². The minimum atomic E-state index is -0.897. The van der Waals surface area contributed by atoms with E-state index in [1.165, 1.54) is 25.7 Å². The Morgan fingerprint density at radius 1 is 1.50 bits per heavy atom. The van der Waals surface area contributed by atoms with Crippen molar-refractivity contribution in [2.24, 2.45) is 5.41 Å². The molecule has 0 atom stereocenters. The Labute approximate surface area is 116 Å². The van der Waals surface area contributed by atoms with Crippen LogP contribution in [0.1, 0.15) is 43.0 Å². The summed E-state index contributed by atoms with van der Waals surface area (Å²) in [4.78, 5) is 10.8. The zero-order valence-electron chi connectivity index (χ0n) is 10.5. The van der Waals surface area contributed by atoms with Gasteiger partial charge in [0.25, 0.3) is 0 Å². The van der Waals surface area contributed by atoms with Gasteiger partial charge in [0.1, 0.15) is 0 Å². The van der Waals surface area contributed by atoms with Crippen LogP contribution in [0.3, 0.4) is 0 Å². The fourth-order valence-corrected chi connectivity index (χ4v) is 2.93. The molecule has 0 aromatic heterocycles. The number of nitrogens with one attached hydrogen (secondary N) is 1. The summed E-state index contributed by atoms with van der Waals surface area (Å²) in [5.41, 5.74) is 1.73. The van der Waals surface area contributed by atoms with Crippen LogP contribution in [0.5, 0.6) is 0 Å². The molecule has 0 radical (unpaired) electrons. The number of carboxylic acid groups (broad SMARTS) is 1. The molecule has 0 unspecified atom stereocenters. The molecule has 0 spiro atoms. The van der Waals surface area contributed by atoms with Crippen molar-refractivity contribution in [2.45, 2.75) is 32.6 Å². The first-order chi connectivity index (χ1) is 8.56. The van der Waals surface area contributed by atoms with E-state index in [9.17, 15) is 4.79 Å². The maximum absolute atomic E-state index is 10.8. The van der Waals surface area contributed by atoms with E-state index >= 15 is 0 Å². The molecule has 1 fully saturated rings. The Balaban J connectivity index is 2.03. The van der Waals surface area contributed by atoms with Gasteiger partial charge in [-0.25, -0.2) is 4.79 Å². The zero-order chi connectivity index (χ0) is 13.2. The van der Waals surface area contributed by atoms with E-state index in [0.717, 1.165) is 16.7 Å². The van der Waals surface area contributed by atoms with Gasteiger partial charge in [0, 0.05) is 16.7 Å². The molecule has 1 aromatic carbocycles. The molecule has 0 heterocycles. The number of carboxylic acids is 1. The van der Waals surface area contributed by atoms with Crippen molar-refractivity contribution < 1.29 is 9.90 Å². The molecule has 98 valence electrons. The van der Waals surface area contributed by atoms with Gasteiger partial charge >= 0.3 is 5.97 Å². The molecular weight excluding hydrogens is 294 g/mol. The molecule has 18 heavy (non-hydrogen) atoms. The highest BCUT2D eigenvalue weighted by atomic mass is 79.9. The Hall–Kier alpha value is -1.03. The third-order valence-electron chi connectivity index (χ3n) is 4.03. The SMILES string of the molecule is CCC1(CNc2ccc(C(=O)O)cc2Br)CCC1. The van der Waals surface area contributed by atoms with Gasteiger partial charge in [0.05, 0.1) is 5.56 Å². The van der Waals surface area contributed by atoms with Crippen LogP contribution in [0.2, 0.25) is 0 Å². The molecule has 2 rings (SSSR count). The molecule has 0 bridgehead atoms. The minimum Gasteiger partial charge on any atom is -0.478 e. The fraction of sp³-hybridized carbons (Fsp3) is 0.500. The predicted octanol–water partition coefficient (Wildman–Crippen LogP) is 4.14. The molecule has 3 nitrogen and oxygen atoms in total. The Morgan fingerprint density at radius 2 is 2.22 bits per heavy atom. The van der Waals surface area contributed by atoms with Crippen molar-refractivity contribution in [3.05, 3.63) is 28.2 Å². The van der Waals surface area contributed by atoms with Gasteiger partial charge in [-0.2, -0.15) is 0 Å². The molecule has 1 aliphatic carbocycles. The van der Waals surface area contributed by atoms with E-state index in [1.54, 1.807) is 12.1 Å². The highest BCUT2D eigenvalue weighted by Gasteiger charge is 2.34. The van der Waals surface area contributed by atoms with Crippen molar-refractivity contribution in [1.29, 1.82) is 0 Å². The zero-order valence-corrected chi connectivity index (χ0v) is 12.1. The number of aromatic carboxylic acids is 1. The molecule has 0 aliphatic heterocycles. The Morgan fingerprint density at radius 3 is 2.67 bits per heavy atom. The van der Waals surface area contributed by atoms with Crippen LogP contribution in [0.25, 0.3) is 0 Å². The molecule has 0 saturated heterocycles. The van der Waals surface area contributed by atoms with E-state index < -0.39 is 5.97 Å². The molecule has 1 aromatic rings. The number of hydrogen-bond donors (Lipinski definition) is 2. The first-order valence-corrected chi connectivity index (χ1v) is 7.12. The highest BCUT2D eigenvalue weighted by Crippen LogP contribution is 2.44. The summed E-state index contributed by atoms with van der Waals surface area (Å²) in [6, 6.07) is 5.11. The average molecular weight is 312 g/mol. The maximum Gasteiger partial charge on any atom is 0.335 e. The van der Waals surface area contributed by atoms with Gasteiger partial charge in [-0.05, 0) is 58.8 Å². The smallest absolute Gasteiger partial charge is 0.335 e. The number of benzene rings is 1. The van der Waals surface area contributed by atoms with Gasteiger partial charge in [0.2, 0.25) is 0 Å². The van der Waals surface area contributed by atoms with E-state index in [1.807, 2.05) is 6.07 Å². The lowest BCUT2D eigenvalue weighted by atomic mass is 9.67. The summed E-state index contributed by atoms with van der Waals surface area (Å²) in [5.74, 6) is -0.897. The van der Waals surface area contributed by atoms with Crippen LogP contribution in [-0.2, 0) is 0 Å². The molecule has 0 amide bonds. The second kappa shape index (κ2) is 5.31. The lowest BCUT2D eigenvalue weighted by Crippen LogP contribution is -2.35. The fourth-order valence-electron chi connectivity index (χ4n) is 2.41. The van der Waals surface area contributed by atoms with Crippen LogP contribution in [0.15, 0.2) is 22.7 Å².